The Labute approximate surface area is 128 Å². The lowest BCUT2D eigenvalue weighted by Gasteiger charge is -2.32. The highest BCUT2D eigenvalue weighted by molar-refractivity contribution is 5.38. The summed E-state index contributed by atoms with van der Waals surface area (Å²) in [5, 5.41) is 10.4. The Hall–Kier alpha value is -1.06. The Morgan fingerprint density at radius 2 is 1.86 bits per heavy atom. The fourth-order valence-corrected chi connectivity index (χ4v) is 3.44. The number of aliphatic hydroxyl groups excluding tert-OH is 1. The van der Waals surface area contributed by atoms with Gasteiger partial charge in [0.05, 0.1) is 19.8 Å². The van der Waals surface area contributed by atoms with Gasteiger partial charge in [0, 0.05) is 5.56 Å². The molecule has 0 aromatic heterocycles. The molecule has 2 rings (SSSR count). The minimum atomic E-state index is -0.632. The van der Waals surface area contributed by atoms with Crippen LogP contribution in [0.15, 0.2) is 18.2 Å². The minimum Gasteiger partial charge on any atom is -0.496 e. The molecule has 0 heterocycles. The topological polar surface area (TPSA) is 38.7 Å². The molecule has 0 amide bonds. The van der Waals surface area contributed by atoms with Gasteiger partial charge >= 0.3 is 0 Å². The second kappa shape index (κ2) is 7.28. The van der Waals surface area contributed by atoms with E-state index in [1.165, 1.54) is 6.42 Å². The van der Waals surface area contributed by atoms with E-state index in [0.717, 1.165) is 29.7 Å². The highest BCUT2D eigenvalue weighted by Crippen LogP contribution is 2.32. The number of hydrogen-bond donors (Lipinski definition) is 1. The fourth-order valence-electron chi connectivity index (χ4n) is 3.44. The van der Waals surface area contributed by atoms with Crippen LogP contribution in [-0.4, -0.2) is 24.9 Å². The SMILES string of the molecule is COc1ccc(C)cc1C(O)COC1CC(C)CC(C)C1. The van der Waals surface area contributed by atoms with E-state index in [4.69, 9.17) is 9.47 Å². The first-order chi connectivity index (χ1) is 9.99. The van der Waals surface area contributed by atoms with E-state index in [9.17, 15) is 5.11 Å². The average Bonchev–Trinajstić information content (AvgIpc) is 2.43. The molecule has 118 valence electrons. The van der Waals surface area contributed by atoms with Crippen molar-refractivity contribution in [1.29, 1.82) is 0 Å². The molecule has 1 aromatic rings. The number of aryl methyl sites for hydroxylation is 1. The van der Waals surface area contributed by atoms with Crippen LogP contribution in [-0.2, 0) is 4.74 Å². The molecule has 1 aliphatic carbocycles. The molecule has 21 heavy (non-hydrogen) atoms. The van der Waals surface area contributed by atoms with Crippen molar-refractivity contribution in [2.75, 3.05) is 13.7 Å². The molecule has 0 spiro atoms. The van der Waals surface area contributed by atoms with Gasteiger partial charge in [-0.3, -0.25) is 0 Å². The van der Waals surface area contributed by atoms with E-state index >= 15 is 0 Å². The molecule has 0 bridgehead atoms. The molecule has 0 aliphatic heterocycles. The van der Waals surface area contributed by atoms with Crippen LogP contribution in [0.4, 0.5) is 0 Å². The third-order valence-corrected chi connectivity index (χ3v) is 4.37. The van der Waals surface area contributed by atoms with E-state index < -0.39 is 6.10 Å². The molecule has 1 N–H and O–H groups in total. The quantitative estimate of drug-likeness (QED) is 0.895. The standard InChI is InChI=1S/C18H28O3/c1-12-5-6-18(20-4)16(10-12)17(19)11-21-15-8-13(2)7-14(3)9-15/h5-6,10,13-15,17,19H,7-9,11H2,1-4H3. The van der Waals surface area contributed by atoms with Crippen LogP contribution in [0, 0.1) is 18.8 Å². The van der Waals surface area contributed by atoms with Gasteiger partial charge in [0.2, 0.25) is 0 Å². The van der Waals surface area contributed by atoms with E-state index in [0.29, 0.717) is 18.4 Å². The van der Waals surface area contributed by atoms with Gasteiger partial charge in [-0.05, 0) is 50.2 Å². The van der Waals surface area contributed by atoms with E-state index in [2.05, 4.69) is 13.8 Å². The third kappa shape index (κ3) is 4.45. The second-order valence-electron chi connectivity index (χ2n) is 6.63. The van der Waals surface area contributed by atoms with Crippen LogP contribution in [0.3, 0.4) is 0 Å². The number of hydrogen-bond acceptors (Lipinski definition) is 3. The summed E-state index contributed by atoms with van der Waals surface area (Å²) in [5.74, 6) is 2.15. The minimum absolute atomic E-state index is 0.272. The monoisotopic (exact) mass is 292 g/mol. The lowest BCUT2D eigenvalue weighted by atomic mass is 9.82. The summed E-state index contributed by atoms with van der Waals surface area (Å²) in [6, 6.07) is 5.86. The zero-order valence-corrected chi connectivity index (χ0v) is 13.6. The van der Waals surface area contributed by atoms with Crippen LogP contribution in [0.5, 0.6) is 5.75 Å². The van der Waals surface area contributed by atoms with Gasteiger partial charge in [0.25, 0.3) is 0 Å². The number of aliphatic hydroxyl groups is 1. The summed E-state index contributed by atoms with van der Waals surface area (Å²) in [7, 11) is 1.63. The van der Waals surface area contributed by atoms with E-state index in [1.54, 1.807) is 7.11 Å². The van der Waals surface area contributed by atoms with Crippen molar-refractivity contribution in [3.63, 3.8) is 0 Å². The highest BCUT2D eigenvalue weighted by atomic mass is 16.5. The van der Waals surface area contributed by atoms with Crippen LogP contribution >= 0.6 is 0 Å². The fraction of sp³-hybridized carbons (Fsp3) is 0.667. The smallest absolute Gasteiger partial charge is 0.124 e. The highest BCUT2D eigenvalue weighted by Gasteiger charge is 2.25. The van der Waals surface area contributed by atoms with Crippen LogP contribution in [0.1, 0.15) is 50.3 Å². The first-order valence-corrected chi connectivity index (χ1v) is 7.93. The summed E-state index contributed by atoms with van der Waals surface area (Å²) in [6.07, 6.45) is 3.12. The summed E-state index contributed by atoms with van der Waals surface area (Å²) in [4.78, 5) is 0. The molecule has 1 saturated carbocycles. The molecular weight excluding hydrogens is 264 g/mol. The first kappa shape index (κ1) is 16.3. The summed E-state index contributed by atoms with van der Waals surface area (Å²) in [6.45, 7) is 6.92. The van der Waals surface area contributed by atoms with E-state index in [1.807, 2.05) is 25.1 Å². The van der Waals surface area contributed by atoms with Gasteiger partial charge in [0.15, 0.2) is 0 Å². The maximum atomic E-state index is 10.4. The number of benzene rings is 1. The molecule has 1 aromatic carbocycles. The largest absolute Gasteiger partial charge is 0.496 e. The molecule has 3 nitrogen and oxygen atoms in total. The van der Waals surface area contributed by atoms with Crippen molar-refractivity contribution < 1.29 is 14.6 Å². The van der Waals surface area contributed by atoms with Crippen molar-refractivity contribution in [3.05, 3.63) is 29.3 Å². The maximum Gasteiger partial charge on any atom is 0.124 e. The van der Waals surface area contributed by atoms with Gasteiger partial charge in [-0.2, -0.15) is 0 Å². The van der Waals surface area contributed by atoms with Gasteiger partial charge in [-0.15, -0.1) is 0 Å². The predicted molar refractivity (Wildman–Crippen MR) is 84.6 cm³/mol. The Bertz CT molecular complexity index is 448. The Balaban J connectivity index is 1.95. The maximum absolute atomic E-state index is 10.4. The summed E-state index contributed by atoms with van der Waals surface area (Å²) in [5.41, 5.74) is 1.93. The molecule has 3 unspecified atom stereocenters. The van der Waals surface area contributed by atoms with Gasteiger partial charge < -0.3 is 14.6 Å². The molecule has 3 atom stereocenters. The Morgan fingerprint density at radius 3 is 2.48 bits per heavy atom. The van der Waals surface area contributed by atoms with Crippen molar-refractivity contribution in [2.45, 2.75) is 52.2 Å². The average molecular weight is 292 g/mol. The molecule has 3 heteroatoms. The normalized spacial score (nSPS) is 27.4. The molecule has 1 aliphatic rings. The predicted octanol–water partition coefficient (Wildman–Crippen LogP) is 3.88. The van der Waals surface area contributed by atoms with Crippen LogP contribution in [0.2, 0.25) is 0 Å². The Morgan fingerprint density at radius 1 is 1.19 bits per heavy atom. The van der Waals surface area contributed by atoms with Crippen molar-refractivity contribution in [3.8, 4) is 5.75 Å². The van der Waals surface area contributed by atoms with Crippen molar-refractivity contribution in [2.24, 2.45) is 11.8 Å². The number of rotatable bonds is 5. The first-order valence-electron chi connectivity index (χ1n) is 7.93. The second-order valence-corrected chi connectivity index (χ2v) is 6.63. The van der Waals surface area contributed by atoms with Crippen LogP contribution < -0.4 is 4.74 Å². The number of methoxy groups -OCH3 is 1. The van der Waals surface area contributed by atoms with Gasteiger partial charge in [0.1, 0.15) is 11.9 Å². The van der Waals surface area contributed by atoms with Crippen molar-refractivity contribution >= 4 is 0 Å². The van der Waals surface area contributed by atoms with Gasteiger partial charge in [-0.25, -0.2) is 0 Å². The lowest BCUT2D eigenvalue weighted by Crippen LogP contribution is -2.27. The number of ether oxygens (including phenoxy) is 2. The van der Waals surface area contributed by atoms with E-state index in [-0.39, 0.29) is 6.10 Å². The lowest BCUT2D eigenvalue weighted by molar-refractivity contribution is -0.0416. The van der Waals surface area contributed by atoms with Gasteiger partial charge in [-0.1, -0.05) is 25.5 Å². The molecule has 0 saturated heterocycles. The molecule has 0 radical (unpaired) electrons. The summed E-state index contributed by atoms with van der Waals surface area (Å²) >= 11 is 0. The third-order valence-electron chi connectivity index (χ3n) is 4.37. The Kier molecular flexibility index (Phi) is 5.65. The van der Waals surface area contributed by atoms with Crippen LogP contribution in [0.25, 0.3) is 0 Å². The van der Waals surface area contributed by atoms with Crippen molar-refractivity contribution in [1.82, 2.24) is 0 Å². The summed E-state index contributed by atoms with van der Waals surface area (Å²) < 4.78 is 11.3. The zero-order valence-electron chi connectivity index (χ0n) is 13.6. The molecule has 1 fully saturated rings. The zero-order chi connectivity index (χ0) is 15.4. The molecular formula is C18H28O3.